The molecule has 0 radical (unpaired) electrons. The molecule has 134 valence electrons. The monoisotopic (exact) mass is 353 g/mol. The molecule has 3 aromatic rings. The maximum absolute atomic E-state index is 13.1. The molecule has 5 nitrogen and oxygen atoms in total. The van der Waals surface area contributed by atoms with Crippen LogP contribution >= 0.6 is 0 Å². The molecule has 0 aliphatic carbocycles. The zero-order valence-electron chi connectivity index (χ0n) is 14.9. The van der Waals surface area contributed by atoms with E-state index in [-0.39, 0.29) is 11.7 Å². The molecule has 0 spiro atoms. The summed E-state index contributed by atoms with van der Waals surface area (Å²) in [4.78, 5) is 12.7. The van der Waals surface area contributed by atoms with Crippen molar-refractivity contribution in [2.45, 2.75) is 20.8 Å². The molecular weight excluding hydrogens is 333 g/mol. The Morgan fingerprint density at radius 2 is 1.77 bits per heavy atom. The Morgan fingerprint density at radius 1 is 1.12 bits per heavy atom. The molecule has 6 heteroatoms. The van der Waals surface area contributed by atoms with Crippen molar-refractivity contribution in [3.05, 3.63) is 71.3 Å². The van der Waals surface area contributed by atoms with Gasteiger partial charge in [0.1, 0.15) is 11.6 Å². The first-order valence-corrected chi connectivity index (χ1v) is 8.36. The Labute approximate surface area is 151 Å². The Kier molecular flexibility index (Phi) is 5.02. The lowest BCUT2D eigenvalue weighted by atomic mass is 10.1. The van der Waals surface area contributed by atoms with Crippen LogP contribution in [-0.2, 0) is 0 Å². The fourth-order valence-electron chi connectivity index (χ4n) is 2.80. The van der Waals surface area contributed by atoms with Gasteiger partial charge >= 0.3 is 0 Å². The first-order valence-electron chi connectivity index (χ1n) is 8.36. The van der Waals surface area contributed by atoms with E-state index in [2.05, 4.69) is 10.4 Å². The van der Waals surface area contributed by atoms with Crippen LogP contribution in [0.25, 0.3) is 5.69 Å². The van der Waals surface area contributed by atoms with Crippen LogP contribution in [0.2, 0.25) is 0 Å². The number of nitrogens with one attached hydrogen (secondary N) is 1. The molecule has 0 saturated heterocycles. The highest BCUT2D eigenvalue weighted by Gasteiger charge is 2.19. The zero-order valence-corrected chi connectivity index (χ0v) is 14.9. The van der Waals surface area contributed by atoms with Crippen molar-refractivity contribution in [2.75, 3.05) is 11.9 Å². The Bertz CT molecular complexity index is 915. The second kappa shape index (κ2) is 7.39. The summed E-state index contributed by atoms with van der Waals surface area (Å²) in [6.07, 6.45) is 0. The molecule has 0 bridgehead atoms. The van der Waals surface area contributed by atoms with Crippen molar-refractivity contribution in [1.82, 2.24) is 9.78 Å². The maximum Gasteiger partial charge on any atom is 0.259 e. The Balaban J connectivity index is 1.84. The van der Waals surface area contributed by atoms with E-state index in [9.17, 15) is 9.18 Å². The number of aromatic nitrogens is 2. The number of hydrogen-bond acceptors (Lipinski definition) is 3. The predicted molar refractivity (Wildman–Crippen MR) is 98.6 cm³/mol. The van der Waals surface area contributed by atoms with Gasteiger partial charge in [-0.3, -0.25) is 4.79 Å². The second-order valence-corrected chi connectivity index (χ2v) is 5.85. The normalized spacial score (nSPS) is 10.6. The largest absolute Gasteiger partial charge is 0.494 e. The summed E-state index contributed by atoms with van der Waals surface area (Å²) in [5.74, 6) is 0.197. The maximum atomic E-state index is 13.1. The topological polar surface area (TPSA) is 56.1 Å². The van der Waals surface area contributed by atoms with E-state index in [1.165, 1.54) is 12.1 Å². The second-order valence-electron chi connectivity index (χ2n) is 5.85. The van der Waals surface area contributed by atoms with E-state index < -0.39 is 0 Å². The quantitative estimate of drug-likeness (QED) is 0.745. The molecule has 1 heterocycles. The van der Waals surface area contributed by atoms with Crippen LogP contribution in [0.3, 0.4) is 0 Å². The summed E-state index contributed by atoms with van der Waals surface area (Å²) in [5.41, 5.74) is 3.18. The highest BCUT2D eigenvalue weighted by molar-refractivity contribution is 6.06. The molecule has 0 aliphatic rings. The lowest BCUT2D eigenvalue weighted by Gasteiger charge is -2.08. The lowest BCUT2D eigenvalue weighted by molar-refractivity contribution is 0.102. The van der Waals surface area contributed by atoms with Crippen molar-refractivity contribution < 1.29 is 13.9 Å². The number of rotatable bonds is 5. The van der Waals surface area contributed by atoms with Crippen LogP contribution in [-0.4, -0.2) is 22.3 Å². The third-order valence-electron chi connectivity index (χ3n) is 4.01. The van der Waals surface area contributed by atoms with E-state index in [0.717, 1.165) is 5.75 Å². The summed E-state index contributed by atoms with van der Waals surface area (Å²) < 4.78 is 20.2. The summed E-state index contributed by atoms with van der Waals surface area (Å²) in [7, 11) is 0. The summed E-state index contributed by atoms with van der Waals surface area (Å²) in [6, 6.07) is 13.2. The Hall–Kier alpha value is -3.15. The molecular formula is C20H20FN3O2. The smallest absolute Gasteiger partial charge is 0.259 e. The van der Waals surface area contributed by atoms with Crippen LogP contribution in [0.1, 0.15) is 28.7 Å². The number of anilines is 1. The van der Waals surface area contributed by atoms with E-state index in [1.807, 2.05) is 13.8 Å². The van der Waals surface area contributed by atoms with Gasteiger partial charge in [-0.1, -0.05) is 0 Å². The number of carbonyl (C=O) groups excluding carboxylic acids is 1. The number of hydrogen-bond donors (Lipinski definition) is 1. The number of aryl methyl sites for hydroxylation is 1. The van der Waals surface area contributed by atoms with Gasteiger partial charge in [-0.05, 0) is 69.3 Å². The van der Waals surface area contributed by atoms with Gasteiger partial charge in [0.15, 0.2) is 0 Å². The van der Waals surface area contributed by atoms with Gasteiger partial charge in [0, 0.05) is 5.69 Å². The Morgan fingerprint density at radius 3 is 2.38 bits per heavy atom. The molecule has 1 aromatic heterocycles. The first-order chi connectivity index (χ1) is 12.5. The van der Waals surface area contributed by atoms with E-state index in [4.69, 9.17) is 4.74 Å². The van der Waals surface area contributed by atoms with Crippen molar-refractivity contribution >= 4 is 11.6 Å². The predicted octanol–water partition coefficient (Wildman–Crippen LogP) is 4.28. The van der Waals surface area contributed by atoms with Crippen LogP contribution in [0.5, 0.6) is 5.75 Å². The van der Waals surface area contributed by atoms with Crippen molar-refractivity contribution in [3.63, 3.8) is 0 Å². The minimum atomic E-state index is -0.316. The molecule has 3 rings (SSSR count). The van der Waals surface area contributed by atoms with Gasteiger partial charge in [0.2, 0.25) is 0 Å². The average molecular weight is 353 g/mol. The van der Waals surface area contributed by atoms with Gasteiger partial charge < -0.3 is 10.1 Å². The van der Waals surface area contributed by atoms with Crippen LogP contribution in [0.15, 0.2) is 48.5 Å². The number of carbonyl (C=O) groups is 1. The summed E-state index contributed by atoms with van der Waals surface area (Å²) in [6.45, 7) is 6.10. The highest BCUT2D eigenvalue weighted by atomic mass is 19.1. The molecule has 0 fully saturated rings. The van der Waals surface area contributed by atoms with Gasteiger partial charge in [0.05, 0.1) is 29.2 Å². The molecule has 0 unspecified atom stereocenters. The van der Waals surface area contributed by atoms with Gasteiger partial charge in [-0.2, -0.15) is 5.10 Å². The lowest BCUT2D eigenvalue weighted by Crippen LogP contribution is -2.14. The number of ether oxygens (including phenoxy) is 1. The SMILES string of the molecule is CCOc1ccc(NC(=O)c2c(C)nn(-c3ccc(F)cc3)c2C)cc1. The van der Waals surface area contributed by atoms with Crippen molar-refractivity contribution in [2.24, 2.45) is 0 Å². The number of nitrogens with zero attached hydrogens (tertiary/aromatic N) is 2. The summed E-state index contributed by atoms with van der Waals surface area (Å²) in [5, 5.41) is 7.30. The first kappa shape index (κ1) is 17.7. The third kappa shape index (κ3) is 3.59. The number of halogens is 1. The molecule has 1 amide bonds. The van der Waals surface area contributed by atoms with Crippen LogP contribution in [0, 0.1) is 19.7 Å². The third-order valence-corrected chi connectivity index (χ3v) is 4.01. The van der Waals surface area contributed by atoms with Crippen molar-refractivity contribution in [3.8, 4) is 11.4 Å². The van der Waals surface area contributed by atoms with Crippen LogP contribution < -0.4 is 10.1 Å². The minimum Gasteiger partial charge on any atom is -0.494 e. The summed E-state index contributed by atoms with van der Waals surface area (Å²) >= 11 is 0. The molecule has 0 atom stereocenters. The van der Waals surface area contributed by atoms with Gasteiger partial charge in [-0.15, -0.1) is 0 Å². The zero-order chi connectivity index (χ0) is 18.7. The fourth-order valence-corrected chi connectivity index (χ4v) is 2.80. The van der Waals surface area contributed by atoms with E-state index >= 15 is 0 Å². The van der Waals surface area contributed by atoms with Crippen molar-refractivity contribution in [1.29, 1.82) is 0 Å². The molecule has 2 aromatic carbocycles. The standard InChI is InChI=1S/C20H20FN3O2/c1-4-26-18-11-7-16(8-12-18)22-20(25)19-13(2)23-24(14(19)3)17-9-5-15(21)6-10-17/h5-12H,4H2,1-3H3,(H,22,25). The number of benzene rings is 2. The average Bonchev–Trinajstić information content (AvgIpc) is 2.92. The molecule has 1 N–H and O–H groups in total. The van der Waals surface area contributed by atoms with Gasteiger partial charge in [-0.25, -0.2) is 9.07 Å². The molecule has 0 aliphatic heterocycles. The molecule has 0 saturated carbocycles. The van der Waals surface area contributed by atoms with Gasteiger partial charge in [0.25, 0.3) is 5.91 Å². The van der Waals surface area contributed by atoms with E-state index in [1.54, 1.807) is 48.0 Å². The number of amides is 1. The fraction of sp³-hybridized carbons (Fsp3) is 0.200. The van der Waals surface area contributed by atoms with Crippen LogP contribution in [0.4, 0.5) is 10.1 Å². The highest BCUT2D eigenvalue weighted by Crippen LogP contribution is 2.21. The van der Waals surface area contributed by atoms with E-state index in [0.29, 0.717) is 34.9 Å². The molecule has 26 heavy (non-hydrogen) atoms. The minimum absolute atomic E-state index is 0.238.